The van der Waals surface area contributed by atoms with Crippen LogP contribution in [-0.4, -0.2) is 49.9 Å². The van der Waals surface area contributed by atoms with Crippen molar-refractivity contribution in [1.82, 2.24) is 10.3 Å². The third-order valence-corrected chi connectivity index (χ3v) is 5.29. The van der Waals surface area contributed by atoms with E-state index in [1.165, 1.54) is 0 Å². The number of ether oxygens (including phenoxy) is 1. The van der Waals surface area contributed by atoms with Crippen LogP contribution in [0, 0.1) is 0 Å². The molecule has 4 rings (SSSR count). The molecular formula is C24H24N4O2. The fraction of sp³-hybridized carbons (Fsp3) is 0.208. The second kappa shape index (κ2) is 8.78. The molecule has 1 N–H and O–H groups in total. The minimum Gasteiger partial charge on any atom is -0.497 e. The predicted octanol–water partition coefficient (Wildman–Crippen LogP) is 3.18. The molecule has 1 aromatic heterocycles. The van der Waals surface area contributed by atoms with Crippen LogP contribution in [0.3, 0.4) is 0 Å². The Morgan fingerprint density at radius 2 is 1.93 bits per heavy atom. The lowest BCUT2D eigenvalue weighted by Crippen LogP contribution is -2.44. The second-order valence-electron chi connectivity index (χ2n) is 7.13. The van der Waals surface area contributed by atoms with Crippen molar-refractivity contribution in [3.63, 3.8) is 0 Å². The number of amides is 1. The van der Waals surface area contributed by atoms with Crippen molar-refractivity contribution in [2.75, 3.05) is 32.1 Å². The fourth-order valence-electron chi connectivity index (χ4n) is 3.57. The van der Waals surface area contributed by atoms with E-state index in [-0.39, 0.29) is 11.9 Å². The molecule has 0 spiro atoms. The van der Waals surface area contributed by atoms with Gasteiger partial charge in [-0.1, -0.05) is 36.4 Å². The lowest BCUT2D eigenvalue weighted by Gasteiger charge is -2.29. The maximum absolute atomic E-state index is 12.5. The predicted molar refractivity (Wildman–Crippen MR) is 119 cm³/mol. The highest BCUT2D eigenvalue weighted by molar-refractivity contribution is 6.16. The van der Waals surface area contributed by atoms with Gasteiger partial charge in [0.25, 0.3) is 5.91 Å². The van der Waals surface area contributed by atoms with Gasteiger partial charge in [-0.05, 0) is 24.3 Å². The minimum absolute atomic E-state index is 0.00951. The highest BCUT2D eigenvalue weighted by atomic mass is 16.5. The molecule has 152 valence electrons. The number of methoxy groups -OCH3 is 1. The van der Waals surface area contributed by atoms with Crippen LogP contribution in [0.4, 0.5) is 5.69 Å². The zero-order chi connectivity index (χ0) is 20.9. The first-order chi connectivity index (χ1) is 14.7. The molecule has 6 heteroatoms. The topological polar surface area (TPSA) is 66.8 Å². The number of carbonyl (C=O) groups is 1. The van der Waals surface area contributed by atoms with Gasteiger partial charge in [0.15, 0.2) is 0 Å². The zero-order valence-electron chi connectivity index (χ0n) is 17.1. The summed E-state index contributed by atoms with van der Waals surface area (Å²) in [5.41, 5.74) is 4.48. The average Bonchev–Trinajstić information content (AvgIpc) is 2.94. The van der Waals surface area contributed by atoms with Gasteiger partial charge in [0.05, 0.1) is 25.4 Å². The van der Waals surface area contributed by atoms with Crippen LogP contribution in [0.2, 0.25) is 0 Å². The molecule has 1 aliphatic heterocycles. The summed E-state index contributed by atoms with van der Waals surface area (Å²) in [7, 11) is 3.69. The number of fused-ring (bicyclic) bond motifs is 1. The van der Waals surface area contributed by atoms with Crippen molar-refractivity contribution in [3.05, 3.63) is 89.7 Å². The van der Waals surface area contributed by atoms with Crippen LogP contribution in [0.1, 0.15) is 21.6 Å². The van der Waals surface area contributed by atoms with Crippen molar-refractivity contribution >= 4 is 17.3 Å². The van der Waals surface area contributed by atoms with E-state index in [4.69, 9.17) is 9.73 Å². The number of likely N-dealkylation sites (N-methyl/N-ethyl adjacent to an activating group) is 1. The Balaban J connectivity index is 1.64. The van der Waals surface area contributed by atoms with Crippen LogP contribution in [0.5, 0.6) is 5.75 Å². The third-order valence-electron chi connectivity index (χ3n) is 5.29. The normalized spacial score (nSPS) is 15.6. The van der Waals surface area contributed by atoms with E-state index in [1.807, 2.05) is 43.4 Å². The number of benzene rings is 2. The zero-order valence-corrected chi connectivity index (χ0v) is 17.1. The Morgan fingerprint density at radius 1 is 1.13 bits per heavy atom. The maximum atomic E-state index is 12.5. The van der Waals surface area contributed by atoms with E-state index in [9.17, 15) is 4.79 Å². The summed E-state index contributed by atoms with van der Waals surface area (Å²) in [5, 5.41) is 3.00. The highest BCUT2D eigenvalue weighted by Gasteiger charge is 2.25. The molecule has 30 heavy (non-hydrogen) atoms. The lowest BCUT2D eigenvalue weighted by molar-refractivity contribution is 0.0946. The number of benzodiazepines with no additional fused rings is 1. The standard InChI is InChI=1S/C24H24N4O2/c1-28-18(16-27-24(29)21-10-6-7-13-25-21)15-26-23(17-8-4-3-5-9-17)20-12-11-19(30-2)14-22(20)28/h3-14,18H,15-16H2,1-2H3,(H,27,29). The molecule has 1 aliphatic rings. The summed E-state index contributed by atoms with van der Waals surface area (Å²) in [6, 6.07) is 21.5. The average molecular weight is 400 g/mol. The van der Waals surface area contributed by atoms with Gasteiger partial charge in [-0.2, -0.15) is 0 Å². The fourth-order valence-corrected chi connectivity index (χ4v) is 3.57. The van der Waals surface area contributed by atoms with Crippen LogP contribution < -0.4 is 15.0 Å². The van der Waals surface area contributed by atoms with E-state index >= 15 is 0 Å². The number of aliphatic imine (C=N–C) groups is 1. The molecule has 6 nitrogen and oxygen atoms in total. The molecular weight excluding hydrogens is 376 g/mol. The summed E-state index contributed by atoms with van der Waals surface area (Å²) in [5.74, 6) is 0.595. The summed E-state index contributed by atoms with van der Waals surface area (Å²) in [4.78, 5) is 23.7. The summed E-state index contributed by atoms with van der Waals surface area (Å²) >= 11 is 0. The van der Waals surface area contributed by atoms with Gasteiger partial charge >= 0.3 is 0 Å². The molecule has 0 saturated heterocycles. The molecule has 2 heterocycles. The Hall–Kier alpha value is -3.67. The largest absolute Gasteiger partial charge is 0.497 e. The van der Waals surface area contributed by atoms with Crippen LogP contribution in [0.15, 0.2) is 77.9 Å². The quantitative estimate of drug-likeness (QED) is 0.714. The number of pyridine rings is 1. The number of hydrogen-bond acceptors (Lipinski definition) is 5. The maximum Gasteiger partial charge on any atom is 0.269 e. The van der Waals surface area contributed by atoms with E-state index in [0.29, 0.717) is 18.8 Å². The minimum atomic E-state index is -0.189. The van der Waals surface area contributed by atoms with Gasteiger partial charge in [0.1, 0.15) is 11.4 Å². The Kier molecular flexibility index (Phi) is 5.75. The molecule has 0 aliphatic carbocycles. The van der Waals surface area contributed by atoms with Gasteiger partial charge in [0.2, 0.25) is 0 Å². The van der Waals surface area contributed by atoms with Gasteiger partial charge in [-0.15, -0.1) is 0 Å². The third kappa shape index (κ3) is 4.03. The van der Waals surface area contributed by atoms with Gasteiger partial charge in [-0.25, -0.2) is 0 Å². The van der Waals surface area contributed by atoms with Crippen molar-refractivity contribution in [3.8, 4) is 5.75 Å². The van der Waals surface area contributed by atoms with Crippen molar-refractivity contribution in [2.24, 2.45) is 4.99 Å². The number of carbonyl (C=O) groups excluding carboxylic acids is 1. The van der Waals surface area contributed by atoms with Crippen molar-refractivity contribution in [2.45, 2.75) is 6.04 Å². The lowest BCUT2D eigenvalue weighted by atomic mass is 10.00. The van der Waals surface area contributed by atoms with E-state index in [2.05, 4.69) is 27.3 Å². The number of anilines is 1. The number of nitrogens with zero attached hydrogens (tertiary/aromatic N) is 3. The number of nitrogens with one attached hydrogen (secondary N) is 1. The molecule has 0 radical (unpaired) electrons. The molecule has 3 aromatic rings. The van der Waals surface area contributed by atoms with Crippen LogP contribution >= 0.6 is 0 Å². The van der Waals surface area contributed by atoms with Gasteiger partial charge < -0.3 is 15.0 Å². The van der Waals surface area contributed by atoms with E-state index in [1.54, 1.807) is 31.5 Å². The Bertz CT molecular complexity index is 1050. The molecule has 0 saturated carbocycles. The Labute approximate surface area is 176 Å². The summed E-state index contributed by atoms with van der Waals surface area (Å²) < 4.78 is 5.46. The molecule has 0 bridgehead atoms. The SMILES string of the molecule is COc1ccc2c(c1)N(C)C(CNC(=O)c1ccccn1)CN=C2c1ccccc1. The summed E-state index contributed by atoms with van der Waals surface area (Å²) in [6.07, 6.45) is 1.62. The number of hydrogen-bond donors (Lipinski definition) is 1. The summed E-state index contributed by atoms with van der Waals surface area (Å²) in [6.45, 7) is 1.01. The molecule has 2 aromatic carbocycles. The van der Waals surface area contributed by atoms with Crippen molar-refractivity contribution in [1.29, 1.82) is 0 Å². The van der Waals surface area contributed by atoms with Crippen LogP contribution in [0.25, 0.3) is 0 Å². The molecule has 0 fully saturated rings. The van der Waals surface area contributed by atoms with E-state index in [0.717, 1.165) is 28.3 Å². The smallest absolute Gasteiger partial charge is 0.269 e. The molecule has 1 amide bonds. The second-order valence-corrected chi connectivity index (χ2v) is 7.13. The van der Waals surface area contributed by atoms with Crippen molar-refractivity contribution < 1.29 is 9.53 Å². The van der Waals surface area contributed by atoms with E-state index < -0.39 is 0 Å². The highest BCUT2D eigenvalue weighted by Crippen LogP contribution is 2.31. The first kappa shape index (κ1) is 19.6. The number of aromatic nitrogens is 1. The van der Waals surface area contributed by atoms with Crippen LogP contribution in [-0.2, 0) is 0 Å². The first-order valence-electron chi connectivity index (χ1n) is 9.87. The number of rotatable bonds is 5. The van der Waals surface area contributed by atoms with Gasteiger partial charge in [-0.3, -0.25) is 14.8 Å². The van der Waals surface area contributed by atoms with Gasteiger partial charge in [0, 0.05) is 42.7 Å². The molecule has 1 unspecified atom stereocenters. The molecule has 1 atom stereocenters. The first-order valence-corrected chi connectivity index (χ1v) is 9.87. The monoisotopic (exact) mass is 400 g/mol. The Morgan fingerprint density at radius 3 is 2.67 bits per heavy atom.